The van der Waals surface area contributed by atoms with Crippen LogP contribution in [-0.4, -0.2) is 47.4 Å². The summed E-state index contributed by atoms with van der Waals surface area (Å²) in [5.74, 6) is 0.735. The molecule has 22 heavy (non-hydrogen) atoms. The highest BCUT2D eigenvalue weighted by atomic mass is 16.5. The molecule has 0 bridgehead atoms. The molecule has 2 aromatic rings. The summed E-state index contributed by atoms with van der Waals surface area (Å²) < 4.78 is 5.23. The number of hydrogen-bond donors (Lipinski definition) is 4. The third-order valence-corrected chi connectivity index (χ3v) is 3.36. The molecule has 116 valence electrons. The molecule has 8 nitrogen and oxygen atoms in total. The number of benzene rings is 1. The van der Waals surface area contributed by atoms with Gasteiger partial charge in [0, 0.05) is 18.8 Å². The molecule has 8 heteroatoms. The van der Waals surface area contributed by atoms with Crippen LogP contribution in [0.1, 0.15) is 0 Å². The first kappa shape index (κ1) is 14.2. The van der Waals surface area contributed by atoms with Gasteiger partial charge in [0.05, 0.1) is 13.2 Å². The Bertz CT molecular complexity index is 636. The van der Waals surface area contributed by atoms with Crippen molar-refractivity contribution in [3.63, 3.8) is 0 Å². The maximum atomic E-state index is 12.2. The number of ether oxygens (including phenoxy) is 1. The molecule has 2 heterocycles. The quantitative estimate of drug-likeness (QED) is 0.688. The highest BCUT2D eigenvalue weighted by Gasteiger charge is 2.20. The number of carbonyl (C=O) groups excluding carboxylic acids is 1. The van der Waals surface area contributed by atoms with Crippen molar-refractivity contribution in [3.8, 4) is 0 Å². The van der Waals surface area contributed by atoms with Crippen LogP contribution in [0.2, 0.25) is 0 Å². The number of carbonyl (C=O) groups is 1. The van der Waals surface area contributed by atoms with Gasteiger partial charge in [-0.25, -0.2) is 4.79 Å². The van der Waals surface area contributed by atoms with Crippen LogP contribution in [0.5, 0.6) is 0 Å². The molecule has 5 N–H and O–H groups in total. The molecule has 0 atom stereocenters. The predicted molar refractivity (Wildman–Crippen MR) is 84.1 cm³/mol. The zero-order valence-electron chi connectivity index (χ0n) is 12.0. The molecule has 1 aromatic carbocycles. The van der Waals surface area contributed by atoms with Crippen molar-refractivity contribution >= 4 is 29.0 Å². The molecule has 0 spiro atoms. The van der Waals surface area contributed by atoms with Gasteiger partial charge in [-0.3, -0.25) is 10.4 Å². The van der Waals surface area contributed by atoms with Gasteiger partial charge >= 0.3 is 6.03 Å². The number of aromatic amines is 1. The first-order valence-corrected chi connectivity index (χ1v) is 7.03. The third kappa shape index (κ3) is 3.12. The van der Waals surface area contributed by atoms with Crippen LogP contribution >= 0.6 is 0 Å². The number of morpholine rings is 1. The van der Waals surface area contributed by atoms with E-state index in [-0.39, 0.29) is 6.03 Å². The van der Waals surface area contributed by atoms with Crippen molar-refractivity contribution < 1.29 is 9.53 Å². The second-order valence-corrected chi connectivity index (χ2v) is 4.88. The van der Waals surface area contributed by atoms with E-state index in [1.165, 1.54) is 0 Å². The Morgan fingerprint density at radius 2 is 2.00 bits per heavy atom. The van der Waals surface area contributed by atoms with Crippen LogP contribution in [0.25, 0.3) is 0 Å². The number of nitrogens with one attached hydrogen (secondary N) is 3. The van der Waals surface area contributed by atoms with Crippen LogP contribution < -0.4 is 16.4 Å². The Hall–Kier alpha value is -2.74. The molecule has 0 unspecified atom stereocenters. The van der Waals surface area contributed by atoms with Gasteiger partial charge in [0.1, 0.15) is 11.5 Å². The Labute approximate surface area is 127 Å². The van der Waals surface area contributed by atoms with E-state index in [9.17, 15) is 4.79 Å². The summed E-state index contributed by atoms with van der Waals surface area (Å²) in [6, 6.07) is 9.33. The maximum Gasteiger partial charge on any atom is 0.323 e. The molecule has 1 aliphatic rings. The summed E-state index contributed by atoms with van der Waals surface area (Å²) in [6.45, 7) is 2.22. The number of aromatic nitrogens is 2. The number of H-pyrrole nitrogens is 1. The zero-order chi connectivity index (χ0) is 15.4. The lowest BCUT2D eigenvalue weighted by atomic mass is 10.3. The standard InChI is InChI=1S/C14H18N6O2/c15-12-11(16-10-4-2-1-3-5-10)13(19-18-12)17-14(21)20-6-8-22-9-7-20/h1-5,16H,6-9H2,(H4,15,17,18,19,21). The van der Waals surface area contributed by atoms with E-state index in [0.717, 1.165) is 5.69 Å². The van der Waals surface area contributed by atoms with Gasteiger partial charge in [-0.05, 0) is 12.1 Å². The molecule has 0 saturated carbocycles. The van der Waals surface area contributed by atoms with Gasteiger partial charge in [0.15, 0.2) is 5.82 Å². The summed E-state index contributed by atoms with van der Waals surface area (Å²) >= 11 is 0. The fourth-order valence-electron chi connectivity index (χ4n) is 2.19. The molecule has 0 radical (unpaired) electrons. The molecule has 1 aromatic heterocycles. The Morgan fingerprint density at radius 1 is 1.27 bits per heavy atom. The molecular weight excluding hydrogens is 284 g/mol. The summed E-state index contributed by atoms with van der Waals surface area (Å²) in [4.78, 5) is 13.9. The van der Waals surface area contributed by atoms with Crippen molar-refractivity contribution in [2.75, 3.05) is 42.7 Å². The topological polar surface area (TPSA) is 108 Å². The van der Waals surface area contributed by atoms with Crippen molar-refractivity contribution in [1.82, 2.24) is 15.1 Å². The lowest BCUT2D eigenvalue weighted by Gasteiger charge is -2.26. The predicted octanol–water partition coefficient (Wildman–Crippen LogP) is 1.60. The summed E-state index contributed by atoms with van der Waals surface area (Å²) in [5, 5.41) is 12.6. The monoisotopic (exact) mass is 302 g/mol. The number of nitrogen functional groups attached to an aromatic ring is 1. The smallest absolute Gasteiger partial charge is 0.323 e. The number of para-hydroxylation sites is 1. The normalized spacial score (nSPS) is 14.6. The molecular formula is C14H18N6O2. The average molecular weight is 302 g/mol. The number of amides is 2. The van der Waals surface area contributed by atoms with E-state index in [1.807, 2.05) is 30.3 Å². The van der Waals surface area contributed by atoms with Gasteiger partial charge in [-0.1, -0.05) is 18.2 Å². The van der Waals surface area contributed by atoms with E-state index in [4.69, 9.17) is 10.5 Å². The summed E-state index contributed by atoms with van der Waals surface area (Å²) in [6.07, 6.45) is 0. The second kappa shape index (κ2) is 6.35. The van der Waals surface area contributed by atoms with Crippen molar-refractivity contribution in [2.24, 2.45) is 0 Å². The lowest BCUT2D eigenvalue weighted by Crippen LogP contribution is -2.43. The maximum absolute atomic E-state index is 12.2. The molecule has 3 rings (SSSR count). The van der Waals surface area contributed by atoms with Gasteiger partial charge in [-0.15, -0.1) is 0 Å². The van der Waals surface area contributed by atoms with E-state index in [2.05, 4.69) is 20.8 Å². The molecule has 1 saturated heterocycles. The van der Waals surface area contributed by atoms with Crippen molar-refractivity contribution in [1.29, 1.82) is 0 Å². The van der Waals surface area contributed by atoms with Gasteiger partial charge in [0.2, 0.25) is 0 Å². The minimum atomic E-state index is -0.217. The fraction of sp³-hybridized carbons (Fsp3) is 0.286. The number of hydrogen-bond acceptors (Lipinski definition) is 5. The molecule has 0 aliphatic carbocycles. The minimum absolute atomic E-state index is 0.217. The fourth-order valence-corrected chi connectivity index (χ4v) is 2.19. The first-order valence-electron chi connectivity index (χ1n) is 7.03. The largest absolute Gasteiger partial charge is 0.382 e. The third-order valence-electron chi connectivity index (χ3n) is 3.36. The summed E-state index contributed by atoms with van der Waals surface area (Å²) in [5.41, 5.74) is 7.29. The Morgan fingerprint density at radius 3 is 2.73 bits per heavy atom. The number of nitrogens with two attached hydrogens (primary N) is 1. The van der Waals surface area contributed by atoms with E-state index >= 15 is 0 Å². The lowest BCUT2D eigenvalue weighted by molar-refractivity contribution is 0.0564. The van der Waals surface area contributed by atoms with E-state index < -0.39 is 0 Å². The van der Waals surface area contributed by atoms with Crippen LogP contribution in [-0.2, 0) is 4.74 Å². The Kier molecular flexibility index (Phi) is 4.10. The highest BCUT2D eigenvalue weighted by molar-refractivity contribution is 5.94. The average Bonchev–Trinajstić information content (AvgIpc) is 2.90. The SMILES string of the molecule is Nc1[nH]nc(NC(=O)N2CCOCC2)c1Nc1ccccc1. The van der Waals surface area contributed by atoms with Crippen molar-refractivity contribution in [2.45, 2.75) is 0 Å². The highest BCUT2D eigenvalue weighted by Crippen LogP contribution is 2.29. The first-order chi connectivity index (χ1) is 10.7. The minimum Gasteiger partial charge on any atom is -0.382 e. The zero-order valence-corrected chi connectivity index (χ0v) is 12.0. The number of rotatable bonds is 3. The molecule has 2 amide bonds. The number of nitrogens with zero attached hydrogens (tertiary/aromatic N) is 2. The van der Waals surface area contributed by atoms with Crippen molar-refractivity contribution in [3.05, 3.63) is 30.3 Å². The van der Waals surface area contributed by atoms with Gasteiger partial charge in [-0.2, -0.15) is 5.10 Å². The molecule has 1 fully saturated rings. The van der Waals surface area contributed by atoms with E-state index in [1.54, 1.807) is 4.90 Å². The van der Waals surface area contributed by atoms with Gasteiger partial charge in [0.25, 0.3) is 0 Å². The number of anilines is 4. The Balaban J connectivity index is 1.72. The molecule has 1 aliphatic heterocycles. The van der Waals surface area contributed by atoms with Crippen LogP contribution in [0, 0.1) is 0 Å². The van der Waals surface area contributed by atoms with Crippen LogP contribution in [0.3, 0.4) is 0 Å². The van der Waals surface area contributed by atoms with Crippen LogP contribution in [0.15, 0.2) is 30.3 Å². The number of urea groups is 1. The second-order valence-electron chi connectivity index (χ2n) is 4.88. The van der Waals surface area contributed by atoms with E-state index in [0.29, 0.717) is 43.6 Å². The van der Waals surface area contributed by atoms with Crippen LogP contribution in [0.4, 0.5) is 27.8 Å². The summed E-state index contributed by atoms with van der Waals surface area (Å²) in [7, 11) is 0. The van der Waals surface area contributed by atoms with Gasteiger partial charge < -0.3 is 20.7 Å².